The number of amides is 1. The highest BCUT2D eigenvalue weighted by Crippen LogP contribution is 2.24. The molecule has 2 aromatic rings. The standard InChI is InChI=1S/C16H15BrF2N2O3S/c1-10(16(22)20-12-5-3-4-11(17)8-12)21(25(2,23)24)13-6-7-14(18)15(19)9-13/h3-10H,1-2H3,(H,20,22)/t10-/m0/s1. The molecule has 0 fully saturated rings. The normalized spacial score (nSPS) is 12.5. The molecule has 1 atom stereocenters. The minimum Gasteiger partial charge on any atom is -0.324 e. The molecule has 0 aromatic heterocycles. The van der Waals surface area contributed by atoms with Crippen molar-refractivity contribution in [2.45, 2.75) is 13.0 Å². The number of carbonyl (C=O) groups is 1. The van der Waals surface area contributed by atoms with Crippen molar-refractivity contribution in [1.82, 2.24) is 0 Å². The molecule has 2 aromatic carbocycles. The molecular formula is C16H15BrF2N2O3S. The summed E-state index contributed by atoms with van der Waals surface area (Å²) < 4.78 is 52.3. The fraction of sp³-hybridized carbons (Fsp3) is 0.188. The summed E-state index contributed by atoms with van der Waals surface area (Å²) in [5, 5.41) is 2.59. The number of sulfonamides is 1. The zero-order valence-electron chi connectivity index (χ0n) is 13.3. The lowest BCUT2D eigenvalue weighted by molar-refractivity contribution is -0.116. The number of benzene rings is 2. The Bertz CT molecular complexity index is 906. The van der Waals surface area contributed by atoms with Gasteiger partial charge in [-0.15, -0.1) is 0 Å². The van der Waals surface area contributed by atoms with Crippen LogP contribution in [0.25, 0.3) is 0 Å². The number of anilines is 2. The highest BCUT2D eigenvalue weighted by atomic mass is 79.9. The second-order valence-corrected chi connectivity index (χ2v) is 8.11. The molecule has 0 aliphatic carbocycles. The summed E-state index contributed by atoms with van der Waals surface area (Å²) in [5.74, 6) is -2.93. The van der Waals surface area contributed by atoms with Gasteiger partial charge in [0.25, 0.3) is 0 Å². The van der Waals surface area contributed by atoms with Gasteiger partial charge in [-0.05, 0) is 37.3 Å². The summed E-state index contributed by atoms with van der Waals surface area (Å²) >= 11 is 3.27. The average molecular weight is 433 g/mol. The Balaban J connectivity index is 2.34. The Morgan fingerprint density at radius 3 is 2.40 bits per heavy atom. The second-order valence-electron chi connectivity index (χ2n) is 5.33. The SMILES string of the molecule is C[C@@H](C(=O)Nc1cccc(Br)c1)N(c1ccc(F)c(F)c1)S(C)(=O)=O. The van der Waals surface area contributed by atoms with Crippen LogP contribution in [0, 0.1) is 11.6 Å². The fourth-order valence-corrected chi connectivity index (χ4v) is 3.81. The quantitative estimate of drug-likeness (QED) is 0.785. The van der Waals surface area contributed by atoms with Crippen molar-refractivity contribution in [1.29, 1.82) is 0 Å². The molecular weight excluding hydrogens is 418 g/mol. The largest absolute Gasteiger partial charge is 0.324 e. The minimum absolute atomic E-state index is 0.140. The molecule has 0 spiro atoms. The lowest BCUT2D eigenvalue weighted by atomic mass is 10.2. The van der Waals surface area contributed by atoms with Gasteiger partial charge in [0.15, 0.2) is 11.6 Å². The molecule has 9 heteroatoms. The van der Waals surface area contributed by atoms with E-state index in [1.54, 1.807) is 24.3 Å². The van der Waals surface area contributed by atoms with Crippen LogP contribution in [0.4, 0.5) is 20.2 Å². The summed E-state index contributed by atoms with van der Waals surface area (Å²) in [6.45, 7) is 1.36. The molecule has 134 valence electrons. The zero-order chi connectivity index (χ0) is 18.8. The molecule has 0 aliphatic rings. The van der Waals surface area contributed by atoms with Gasteiger partial charge in [0.05, 0.1) is 11.9 Å². The van der Waals surface area contributed by atoms with Crippen LogP contribution in [0.5, 0.6) is 0 Å². The van der Waals surface area contributed by atoms with Gasteiger partial charge >= 0.3 is 0 Å². The van der Waals surface area contributed by atoms with Crippen molar-refractivity contribution in [3.05, 3.63) is 58.6 Å². The van der Waals surface area contributed by atoms with Crippen LogP contribution in [0.15, 0.2) is 46.9 Å². The first-order chi connectivity index (χ1) is 11.6. The van der Waals surface area contributed by atoms with E-state index in [1.165, 1.54) is 6.92 Å². The van der Waals surface area contributed by atoms with E-state index in [4.69, 9.17) is 0 Å². The molecule has 0 heterocycles. The van der Waals surface area contributed by atoms with Crippen LogP contribution in [0.1, 0.15) is 6.92 Å². The van der Waals surface area contributed by atoms with Crippen LogP contribution in [0.3, 0.4) is 0 Å². The van der Waals surface area contributed by atoms with E-state index in [0.717, 1.165) is 33.2 Å². The van der Waals surface area contributed by atoms with Crippen molar-refractivity contribution >= 4 is 43.2 Å². The summed E-state index contributed by atoms with van der Waals surface area (Å²) in [7, 11) is -3.92. The lowest BCUT2D eigenvalue weighted by Gasteiger charge is -2.28. The monoisotopic (exact) mass is 432 g/mol. The summed E-state index contributed by atoms with van der Waals surface area (Å²) in [6.07, 6.45) is 0.886. The first-order valence-corrected chi connectivity index (χ1v) is 9.74. The Morgan fingerprint density at radius 1 is 1.16 bits per heavy atom. The molecule has 1 N–H and O–H groups in total. The van der Waals surface area contributed by atoms with E-state index in [-0.39, 0.29) is 5.69 Å². The summed E-state index contributed by atoms with van der Waals surface area (Å²) in [4.78, 5) is 12.4. The highest BCUT2D eigenvalue weighted by molar-refractivity contribution is 9.10. The third kappa shape index (κ3) is 4.76. The highest BCUT2D eigenvalue weighted by Gasteiger charge is 2.29. The van der Waals surface area contributed by atoms with Crippen LogP contribution in [-0.4, -0.2) is 26.6 Å². The maximum Gasteiger partial charge on any atom is 0.247 e. The molecule has 0 saturated heterocycles. The van der Waals surface area contributed by atoms with Gasteiger partial charge in [0.1, 0.15) is 6.04 Å². The van der Waals surface area contributed by atoms with Crippen LogP contribution in [0.2, 0.25) is 0 Å². The lowest BCUT2D eigenvalue weighted by Crippen LogP contribution is -2.45. The fourth-order valence-electron chi connectivity index (χ4n) is 2.24. The number of nitrogens with one attached hydrogen (secondary N) is 1. The Hall–Kier alpha value is -2.00. The molecule has 1 amide bonds. The number of hydrogen-bond acceptors (Lipinski definition) is 3. The van der Waals surface area contributed by atoms with Crippen molar-refractivity contribution in [3.8, 4) is 0 Å². The Labute approximate surface area is 152 Å². The first-order valence-electron chi connectivity index (χ1n) is 7.10. The molecule has 0 saturated carbocycles. The van der Waals surface area contributed by atoms with Crippen LogP contribution >= 0.6 is 15.9 Å². The van der Waals surface area contributed by atoms with E-state index < -0.39 is 33.6 Å². The van der Waals surface area contributed by atoms with Gasteiger partial charge in [-0.1, -0.05) is 22.0 Å². The van der Waals surface area contributed by atoms with Gasteiger partial charge < -0.3 is 5.32 Å². The van der Waals surface area contributed by atoms with Crippen molar-refractivity contribution in [2.24, 2.45) is 0 Å². The topological polar surface area (TPSA) is 66.5 Å². The maximum absolute atomic E-state index is 13.5. The third-order valence-corrected chi connectivity index (χ3v) is 5.07. The van der Waals surface area contributed by atoms with Crippen molar-refractivity contribution in [2.75, 3.05) is 15.9 Å². The average Bonchev–Trinajstić information content (AvgIpc) is 2.49. The predicted octanol–water partition coefficient (Wildman–Crippen LogP) is 3.52. The smallest absolute Gasteiger partial charge is 0.247 e. The van der Waals surface area contributed by atoms with Crippen LogP contribution < -0.4 is 9.62 Å². The second kappa shape index (κ2) is 7.49. The molecule has 0 aliphatic heterocycles. The number of hydrogen-bond donors (Lipinski definition) is 1. The van der Waals surface area contributed by atoms with Gasteiger partial charge in [0, 0.05) is 16.2 Å². The number of nitrogens with zero attached hydrogens (tertiary/aromatic N) is 1. The first kappa shape index (κ1) is 19.3. The van der Waals surface area contributed by atoms with E-state index in [9.17, 15) is 22.0 Å². The van der Waals surface area contributed by atoms with E-state index in [1.807, 2.05) is 0 Å². The van der Waals surface area contributed by atoms with Gasteiger partial charge in [-0.3, -0.25) is 9.10 Å². The molecule has 2 rings (SSSR count). The van der Waals surface area contributed by atoms with Gasteiger partial charge in [0.2, 0.25) is 15.9 Å². The van der Waals surface area contributed by atoms with E-state index in [0.29, 0.717) is 5.69 Å². The van der Waals surface area contributed by atoms with Gasteiger partial charge in [-0.25, -0.2) is 17.2 Å². The number of rotatable bonds is 5. The maximum atomic E-state index is 13.5. The predicted molar refractivity (Wildman–Crippen MR) is 95.9 cm³/mol. The van der Waals surface area contributed by atoms with Gasteiger partial charge in [-0.2, -0.15) is 0 Å². The molecule has 0 bridgehead atoms. The molecule has 25 heavy (non-hydrogen) atoms. The summed E-state index contributed by atoms with van der Waals surface area (Å²) in [5.41, 5.74) is 0.322. The van der Waals surface area contributed by atoms with Crippen molar-refractivity contribution < 1.29 is 22.0 Å². The molecule has 0 unspecified atom stereocenters. The van der Waals surface area contributed by atoms with E-state index in [2.05, 4.69) is 21.2 Å². The third-order valence-electron chi connectivity index (χ3n) is 3.34. The number of halogens is 3. The van der Waals surface area contributed by atoms with Crippen molar-refractivity contribution in [3.63, 3.8) is 0 Å². The Kier molecular flexibility index (Phi) is 5.79. The Morgan fingerprint density at radius 2 is 1.84 bits per heavy atom. The molecule has 5 nitrogen and oxygen atoms in total. The number of carbonyl (C=O) groups excluding carboxylic acids is 1. The minimum atomic E-state index is -3.92. The van der Waals surface area contributed by atoms with E-state index >= 15 is 0 Å². The molecule has 0 radical (unpaired) electrons. The summed E-state index contributed by atoms with van der Waals surface area (Å²) in [6, 6.07) is 8.21. The zero-order valence-corrected chi connectivity index (χ0v) is 15.7. The van der Waals surface area contributed by atoms with Crippen LogP contribution in [-0.2, 0) is 14.8 Å².